The number of carbonyl (C=O) groups excluding carboxylic acids is 1. The highest BCUT2D eigenvalue weighted by Gasteiger charge is 2.08. The van der Waals surface area contributed by atoms with Gasteiger partial charge in [0.1, 0.15) is 0 Å². The number of imidazole rings is 1. The van der Waals surface area contributed by atoms with Gasteiger partial charge in [0.25, 0.3) is 0 Å². The second-order valence-corrected chi connectivity index (χ2v) is 5.21. The molecule has 1 heterocycles. The fourth-order valence-electron chi connectivity index (χ4n) is 2.09. The van der Waals surface area contributed by atoms with E-state index < -0.39 is 0 Å². The molecular weight excluding hydrogens is 264 g/mol. The Morgan fingerprint density at radius 2 is 2.10 bits per heavy atom. The summed E-state index contributed by atoms with van der Waals surface area (Å²) < 4.78 is 1.94. The summed E-state index contributed by atoms with van der Waals surface area (Å²) >= 11 is 0. The molecule has 0 fully saturated rings. The van der Waals surface area contributed by atoms with Crippen LogP contribution in [-0.4, -0.2) is 28.0 Å². The molecule has 0 bridgehead atoms. The molecule has 21 heavy (non-hydrogen) atoms. The smallest absolute Gasteiger partial charge is 0.220 e. The summed E-state index contributed by atoms with van der Waals surface area (Å²) in [6.45, 7) is 2.71. The average molecular weight is 286 g/mol. The van der Waals surface area contributed by atoms with Crippen molar-refractivity contribution in [3.05, 3.63) is 48.5 Å². The van der Waals surface area contributed by atoms with Gasteiger partial charge in [-0.15, -0.1) is 0 Å². The third kappa shape index (κ3) is 4.95. The standard InChI is InChI=1S/C16H22N4O/c1-13(10-18-14-6-4-3-5-7-14)19-16(21)9-8-15-11-17-12-20(15)2/h3-7,11-13,18H,8-10H2,1-2H3,(H,19,21)/t13-/m0/s1. The van der Waals surface area contributed by atoms with Crippen LogP contribution < -0.4 is 10.6 Å². The highest BCUT2D eigenvalue weighted by molar-refractivity contribution is 5.76. The van der Waals surface area contributed by atoms with Gasteiger partial charge in [-0.3, -0.25) is 4.79 Å². The molecule has 0 radical (unpaired) electrons. The van der Waals surface area contributed by atoms with Crippen LogP contribution >= 0.6 is 0 Å². The summed E-state index contributed by atoms with van der Waals surface area (Å²) in [5, 5.41) is 6.30. The normalized spacial score (nSPS) is 11.9. The molecule has 0 saturated heterocycles. The number of hydrogen-bond acceptors (Lipinski definition) is 3. The molecule has 0 spiro atoms. The van der Waals surface area contributed by atoms with E-state index in [0.717, 1.165) is 11.4 Å². The predicted molar refractivity (Wildman–Crippen MR) is 84.1 cm³/mol. The van der Waals surface area contributed by atoms with Crippen LogP contribution in [0.15, 0.2) is 42.9 Å². The van der Waals surface area contributed by atoms with Crippen LogP contribution in [0.4, 0.5) is 5.69 Å². The van der Waals surface area contributed by atoms with Crippen LogP contribution in [0.3, 0.4) is 0 Å². The molecule has 5 nitrogen and oxygen atoms in total. The highest BCUT2D eigenvalue weighted by atomic mass is 16.1. The number of carbonyl (C=O) groups is 1. The maximum Gasteiger partial charge on any atom is 0.220 e. The van der Waals surface area contributed by atoms with Gasteiger partial charge < -0.3 is 15.2 Å². The molecule has 5 heteroatoms. The second-order valence-electron chi connectivity index (χ2n) is 5.21. The lowest BCUT2D eigenvalue weighted by molar-refractivity contribution is -0.121. The Morgan fingerprint density at radius 1 is 1.33 bits per heavy atom. The summed E-state index contributed by atoms with van der Waals surface area (Å²) in [4.78, 5) is 15.9. The van der Waals surface area contributed by atoms with Crippen molar-refractivity contribution in [1.82, 2.24) is 14.9 Å². The minimum atomic E-state index is 0.0681. The number of benzene rings is 1. The third-order valence-corrected chi connectivity index (χ3v) is 3.32. The van der Waals surface area contributed by atoms with Gasteiger partial charge in [0, 0.05) is 43.6 Å². The van der Waals surface area contributed by atoms with Crippen molar-refractivity contribution in [3.63, 3.8) is 0 Å². The molecule has 0 aliphatic heterocycles. The molecule has 2 rings (SSSR count). The maximum atomic E-state index is 11.9. The van der Waals surface area contributed by atoms with Crippen LogP contribution in [0.2, 0.25) is 0 Å². The van der Waals surface area contributed by atoms with Crippen LogP contribution in [0, 0.1) is 0 Å². The van der Waals surface area contributed by atoms with Crippen molar-refractivity contribution in [2.75, 3.05) is 11.9 Å². The Bertz CT molecular complexity index is 565. The van der Waals surface area contributed by atoms with Crippen LogP contribution in [0.1, 0.15) is 19.0 Å². The molecule has 2 N–H and O–H groups in total. The maximum absolute atomic E-state index is 11.9. The SMILES string of the molecule is C[C@@H](CNc1ccccc1)NC(=O)CCc1cncn1C. The Morgan fingerprint density at radius 3 is 2.76 bits per heavy atom. The number of aryl methyl sites for hydroxylation is 2. The zero-order chi connectivity index (χ0) is 15.1. The van der Waals surface area contributed by atoms with Gasteiger partial charge >= 0.3 is 0 Å². The van der Waals surface area contributed by atoms with Gasteiger partial charge in [-0.25, -0.2) is 4.98 Å². The zero-order valence-corrected chi connectivity index (χ0v) is 12.5. The van der Waals surface area contributed by atoms with E-state index in [2.05, 4.69) is 15.6 Å². The van der Waals surface area contributed by atoms with Crippen molar-refractivity contribution in [3.8, 4) is 0 Å². The fraction of sp³-hybridized carbons (Fsp3) is 0.375. The minimum absolute atomic E-state index is 0.0681. The first-order valence-corrected chi connectivity index (χ1v) is 7.18. The van der Waals surface area contributed by atoms with Gasteiger partial charge in [0.2, 0.25) is 5.91 Å². The van der Waals surface area contributed by atoms with E-state index in [1.165, 1.54) is 0 Å². The van der Waals surface area contributed by atoms with Gasteiger partial charge in [0.05, 0.1) is 6.33 Å². The van der Waals surface area contributed by atoms with E-state index in [1.54, 1.807) is 12.5 Å². The average Bonchev–Trinajstić information content (AvgIpc) is 2.89. The first-order valence-electron chi connectivity index (χ1n) is 7.18. The van der Waals surface area contributed by atoms with Crippen LogP contribution in [0.25, 0.3) is 0 Å². The predicted octanol–water partition coefficient (Wildman–Crippen LogP) is 1.97. The largest absolute Gasteiger partial charge is 0.383 e. The zero-order valence-electron chi connectivity index (χ0n) is 12.5. The second kappa shape index (κ2) is 7.47. The van der Waals surface area contributed by atoms with Crippen LogP contribution in [-0.2, 0) is 18.3 Å². The molecule has 0 saturated carbocycles. The van der Waals surface area contributed by atoms with Crippen molar-refractivity contribution in [2.24, 2.45) is 7.05 Å². The van der Waals surface area contributed by atoms with Crippen molar-refractivity contribution < 1.29 is 4.79 Å². The summed E-state index contributed by atoms with van der Waals surface area (Å²) in [5.41, 5.74) is 2.13. The molecule has 112 valence electrons. The lowest BCUT2D eigenvalue weighted by Crippen LogP contribution is -2.37. The van der Waals surface area contributed by atoms with E-state index >= 15 is 0 Å². The summed E-state index contributed by atoms with van der Waals surface area (Å²) in [6, 6.07) is 10.1. The number of aromatic nitrogens is 2. The summed E-state index contributed by atoms with van der Waals surface area (Å²) in [5.74, 6) is 0.0681. The first-order chi connectivity index (χ1) is 10.1. The van der Waals surface area contributed by atoms with Crippen molar-refractivity contribution >= 4 is 11.6 Å². The molecule has 0 aliphatic carbocycles. The molecular formula is C16H22N4O. The number of nitrogens with zero attached hydrogens (tertiary/aromatic N) is 2. The fourth-order valence-corrected chi connectivity index (χ4v) is 2.09. The van der Waals surface area contributed by atoms with Crippen molar-refractivity contribution in [2.45, 2.75) is 25.8 Å². The monoisotopic (exact) mass is 286 g/mol. The van der Waals surface area contributed by atoms with Crippen LogP contribution in [0.5, 0.6) is 0 Å². The van der Waals surface area contributed by atoms with E-state index in [0.29, 0.717) is 19.4 Å². The molecule has 0 unspecified atom stereocenters. The lowest BCUT2D eigenvalue weighted by atomic mass is 10.2. The molecule has 1 aromatic carbocycles. The van der Waals surface area contributed by atoms with Gasteiger partial charge in [-0.05, 0) is 25.5 Å². The Kier molecular flexibility index (Phi) is 5.37. The van der Waals surface area contributed by atoms with Gasteiger partial charge in [-0.1, -0.05) is 18.2 Å². The summed E-state index contributed by atoms with van der Waals surface area (Å²) in [7, 11) is 1.94. The number of amides is 1. The van der Waals surface area contributed by atoms with E-state index in [1.807, 2.05) is 48.9 Å². The Balaban J connectivity index is 1.68. The first kappa shape index (κ1) is 15.1. The Labute approximate surface area is 125 Å². The number of anilines is 1. The highest BCUT2D eigenvalue weighted by Crippen LogP contribution is 2.05. The minimum Gasteiger partial charge on any atom is -0.383 e. The third-order valence-electron chi connectivity index (χ3n) is 3.32. The lowest BCUT2D eigenvalue weighted by Gasteiger charge is -2.15. The van der Waals surface area contributed by atoms with Gasteiger partial charge in [0.15, 0.2) is 0 Å². The van der Waals surface area contributed by atoms with Gasteiger partial charge in [-0.2, -0.15) is 0 Å². The number of hydrogen-bond donors (Lipinski definition) is 2. The van der Waals surface area contributed by atoms with E-state index in [4.69, 9.17) is 0 Å². The quantitative estimate of drug-likeness (QED) is 0.818. The molecule has 1 atom stereocenters. The molecule has 0 aliphatic rings. The molecule has 2 aromatic rings. The molecule has 1 amide bonds. The Hall–Kier alpha value is -2.30. The van der Waals surface area contributed by atoms with Crippen molar-refractivity contribution in [1.29, 1.82) is 0 Å². The number of nitrogens with one attached hydrogen (secondary N) is 2. The molecule has 1 aromatic heterocycles. The topological polar surface area (TPSA) is 58.9 Å². The number of rotatable bonds is 7. The number of para-hydroxylation sites is 1. The van der Waals surface area contributed by atoms with E-state index in [-0.39, 0.29) is 11.9 Å². The van der Waals surface area contributed by atoms with E-state index in [9.17, 15) is 4.79 Å². The summed E-state index contributed by atoms with van der Waals surface area (Å²) in [6.07, 6.45) is 4.74.